The molecule has 0 atom stereocenters. The first-order chi connectivity index (χ1) is 7.15. The number of nitrogens with zero attached hydrogens (tertiary/aromatic N) is 2. The van der Waals surface area contributed by atoms with Crippen LogP contribution < -0.4 is 11.3 Å². The Bertz CT molecular complexity index is 433. The Kier molecular flexibility index (Phi) is 4.37. The third-order valence-corrected chi connectivity index (χ3v) is 2.57. The average Bonchev–Trinajstić information content (AvgIpc) is 2.19. The van der Waals surface area contributed by atoms with E-state index >= 15 is 0 Å². The molecule has 0 amide bonds. The van der Waals surface area contributed by atoms with Gasteiger partial charge in [-0.3, -0.25) is 4.79 Å². The molecular weight excluding hydrogens is 258 g/mol. The van der Waals surface area contributed by atoms with E-state index in [-0.39, 0.29) is 5.56 Å². The molecule has 1 aromatic heterocycles. The van der Waals surface area contributed by atoms with Gasteiger partial charge in [0.25, 0.3) is 5.56 Å². The van der Waals surface area contributed by atoms with Gasteiger partial charge in [-0.1, -0.05) is 0 Å². The predicted molar refractivity (Wildman–Crippen MR) is 62.3 cm³/mol. The fraction of sp³-hybridized carbons (Fsp3) is 0.400. The van der Waals surface area contributed by atoms with E-state index in [9.17, 15) is 4.79 Å². The van der Waals surface area contributed by atoms with E-state index < -0.39 is 0 Å². The van der Waals surface area contributed by atoms with Crippen LogP contribution >= 0.6 is 15.9 Å². The van der Waals surface area contributed by atoms with E-state index in [1.165, 1.54) is 0 Å². The van der Waals surface area contributed by atoms with Crippen LogP contribution in [-0.2, 0) is 6.54 Å². The number of nitrogens with two attached hydrogens (primary N) is 1. The Hall–Kier alpha value is -1.28. The molecule has 2 N–H and O–H groups in total. The summed E-state index contributed by atoms with van der Waals surface area (Å²) in [6, 6.07) is 3.66. The summed E-state index contributed by atoms with van der Waals surface area (Å²) in [6.45, 7) is 0.601. The van der Waals surface area contributed by atoms with Crippen molar-refractivity contribution in [1.29, 1.82) is 5.26 Å². The van der Waals surface area contributed by atoms with E-state index in [1.54, 1.807) is 16.8 Å². The maximum absolute atomic E-state index is 11.6. The SMILES string of the molecule is N#CCCCCn1cc(N)cc(Br)c1=O. The lowest BCUT2D eigenvalue weighted by molar-refractivity contribution is 0.599. The minimum absolute atomic E-state index is 0.0823. The Morgan fingerprint density at radius 2 is 2.27 bits per heavy atom. The average molecular weight is 270 g/mol. The van der Waals surface area contributed by atoms with Gasteiger partial charge in [0.1, 0.15) is 0 Å². The van der Waals surface area contributed by atoms with Gasteiger partial charge in [-0.2, -0.15) is 5.26 Å². The number of aromatic nitrogens is 1. The first kappa shape index (κ1) is 11.8. The van der Waals surface area contributed by atoms with Gasteiger partial charge in [-0.25, -0.2) is 0 Å². The normalized spacial score (nSPS) is 9.87. The van der Waals surface area contributed by atoms with Crippen molar-refractivity contribution in [2.75, 3.05) is 5.73 Å². The van der Waals surface area contributed by atoms with Gasteiger partial charge in [0.05, 0.1) is 10.5 Å². The molecule has 0 saturated heterocycles. The quantitative estimate of drug-likeness (QED) is 0.849. The summed E-state index contributed by atoms with van der Waals surface area (Å²) in [5.41, 5.74) is 6.09. The fourth-order valence-electron chi connectivity index (χ4n) is 1.27. The number of hydrogen-bond donors (Lipinski definition) is 1. The summed E-state index contributed by atoms with van der Waals surface area (Å²) in [6.07, 6.45) is 3.76. The smallest absolute Gasteiger partial charge is 0.264 e. The molecule has 0 radical (unpaired) electrons. The Morgan fingerprint density at radius 3 is 2.93 bits per heavy atom. The lowest BCUT2D eigenvalue weighted by Gasteiger charge is -2.06. The summed E-state index contributed by atoms with van der Waals surface area (Å²) in [7, 11) is 0. The van der Waals surface area contributed by atoms with Crippen LogP contribution in [0.1, 0.15) is 19.3 Å². The number of aryl methyl sites for hydroxylation is 1. The number of nitriles is 1. The van der Waals surface area contributed by atoms with Crippen LogP contribution in [0.4, 0.5) is 5.69 Å². The van der Waals surface area contributed by atoms with Crippen LogP contribution in [0, 0.1) is 11.3 Å². The molecule has 0 spiro atoms. The molecule has 0 unspecified atom stereocenters. The molecular formula is C10H12BrN3O. The second-order valence-corrected chi connectivity index (χ2v) is 4.09. The lowest BCUT2D eigenvalue weighted by Crippen LogP contribution is -2.20. The van der Waals surface area contributed by atoms with Crippen molar-refractivity contribution in [2.24, 2.45) is 0 Å². The molecule has 0 aliphatic heterocycles. The van der Waals surface area contributed by atoms with Crippen molar-refractivity contribution in [3.8, 4) is 6.07 Å². The highest BCUT2D eigenvalue weighted by atomic mass is 79.9. The maximum atomic E-state index is 11.6. The monoisotopic (exact) mass is 269 g/mol. The molecule has 5 heteroatoms. The summed E-state index contributed by atoms with van der Waals surface area (Å²) < 4.78 is 2.04. The molecule has 1 rings (SSSR count). The summed E-state index contributed by atoms with van der Waals surface area (Å²) in [5, 5.41) is 8.36. The maximum Gasteiger partial charge on any atom is 0.264 e. The highest BCUT2D eigenvalue weighted by molar-refractivity contribution is 9.10. The Labute approximate surface area is 96.4 Å². The van der Waals surface area contributed by atoms with Crippen LogP contribution in [0.2, 0.25) is 0 Å². The number of anilines is 1. The van der Waals surface area contributed by atoms with Crippen molar-refractivity contribution < 1.29 is 0 Å². The highest BCUT2D eigenvalue weighted by Crippen LogP contribution is 2.08. The van der Waals surface area contributed by atoms with Gasteiger partial charge in [-0.15, -0.1) is 0 Å². The zero-order valence-corrected chi connectivity index (χ0v) is 9.83. The van der Waals surface area contributed by atoms with Crippen LogP contribution in [0.15, 0.2) is 21.5 Å². The lowest BCUT2D eigenvalue weighted by atomic mass is 10.2. The molecule has 15 heavy (non-hydrogen) atoms. The van der Waals surface area contributed by atoms with Crippen molar-refractivity contribution in [2.45, 2.75) is 25.8 Å². The number of unbranched alkanes of at least 4 members (excludes halogenated alkanes) is 2. The molecule has 0 saturated carbocycles. The van der Waals surface area contributed by atoms with E-state index in [2.05, 4.69) is 22.0 Å². The largest absolute Gasteiger partial charge is 0.398 e. The van der Waals surface area contributed by atoms with E-state index in [1.807, 2.05) is 0 Å². The van der Waals surface area contributed by atoms with Gasteiger partial charge in [0, 0.05) is 24.8 Å². The number of halogens is 1. The second-order valence-electron chi connectivity index (χ2n) is 3.24. The third-order valence-electron chi connectivity index (χ3n) is 2.00. The number of nitrogen functional groups attached to an aromatic ring is 1. The first-order valence-electron chi connectivity index (χ1n) is 4.67. The number of pyridine rings is 1. The number of hydrogen-bond acceptors (Lipinski definition) is 3. The van der Waals surface area contributed by atoms with Crippen LogP contribution in [-0.4, -0.2) is 4.57 Å². The van der Waals surface area contributed by atoms with Crippen LogP contribution in [0.25, 0.3) is 0 Å². The topological polar surface area (TPSA) is 71.8 Å². The minimum atomic E-state index is -0.0823. The first-order valence-corrected chi connectivity index (χ1v) is 5.47. The molecule has 0 aliphatic rings. The van der Waals surface area contributed by atoms with Crippen LogP contribution in [0.3, 0.4) is 0 Å². The van der Waals surface area contributed by atoms with Crippen LogP contribution in [0.5, 0.6) is 0 Å². The van der Waals surface area contributed by atoms with Crippen molar-refractivity contribution in [3.63, 3.8) is 0 Å². The molecule has 0 aliphatic carbocycles. The fourth-order valence-corrected chi connectivity index (χ4v) is 1.77. The number of rotatable bonds is 4. The molecule has 1 aromatic rings. The standard InChI is InChI=1S/C10H12BrN3O/c11-9-6-8(13)7-14(10(9)15)5-3-1-2-4-12/h6-7H,1-3,5,13H2. The zero-order valence-electron chi connectivity index (χ0n) is 8.24. The summed E-state index contributed by atoms with van der Waals surface area (Å²) in [4.78, 5) is 11.6. The minimum Gasteiger partial charge on any atom is -0.398 e. The van der Waals surface area contributed by atoms with Gasteiger partial charge in [0.2, 0.25) is 0 Å². The van der Waals surface area contributed by atoms with Crippen molar-refractivity contribution in [1.82, 2.24) is 4.57 Å². The van der Waals surface area contributed by atoms with Crippen molar-refractivity contribution >= 4 is 21.6 Å². The zero-order chi connectivity index (χ0) is 11.3. The Balaban J connectivity index is 2.69. The molecule has 0 bridgehead atoms. The van der Waals surface area contributed by atoms with Crippen molar-refractivity contribution in [3.05, 3.63) is 27.1 Å². The molecule has 1 heterocycles. The van der Waals surface area contributed by atoms with Gasteiger partial charge in [-0.05, 0) is 34.8 Å². The van der Waals surface area contributed by atoms with Gasteiger partial charge >= 0.3 is 0 Å². The second kappa shape index (κ2) is 5.56. The van der Waals surface area contributed by atoms with E-state index in [4.69, 9.17) is 11.0 Å². The predicted octanol–water partition coefficient (Wildman–Crippen LogP) is 1.89. The molecule has 4 nitrogen and oxygen atoms in total. The van der Waals surface area contributed by atoms with Gasteiger partial charge < -0.3 is 10.3 Å². The molecule has 0 aromatic carbocycles. The van der Waals surface area contributed by atoms with E-state index in [0.717, 1.165) is 12.8 Å². The molecule has 0 fully saturated rings. The Morgan fingerprint density at radius 1 is 1.53 bits per heavy atom. The highest BCUT2D eigenvalue weighted by Gasteiger charge is 2.02. The summed E-state index contributed by atoms with van der Waals surface area (Å²) in [5.74, 6) is 0. The summed E-state index contributed by atoms with van der Waals surface area (Å²) >= 11 is 3.15. The molecule has 80 valence electrons. The third kappa shape index (κ3) is 3.40. The van der Waals surface area contributed by atoms with Gasteiger partial charge in [0.15, 0.2) is 0 Å². The van der Waals surface area contributed by atoms with E-state index in [0.29, 0.717) is 23.1 Å².